The van der Waals surface area contributed by atoms with Gasteiger partial charge in [0.1, 0.15) is 5.75 Å². The Morgan fingerprint density at radius 3 is 2.60 bits per heavy atom. The highest BCUT2D eigenvalue weighted by Crippen LogP contribution is 2.36. The van der Waals surface area contributed by atoms with Gasteiger partial charge in [-0.25, -0.2) is 0 Å². The van der Waals surface area contributed by atoms with E-state index in [-0.39, 0.29) is 11.5 Å². The number of methoxy groups -OCH3 is 1. The maximum absolute atomic E-state index is 12.7. The van der Waals surface area contributed by atoms with Crippen LogP contribution in [0.3, 0.4) is 0 Å². The van der Waals surface area contributed by atoms with Crippen LogP contribution in [0.5, 0.6) is 5.75 Å². The summed E-state index contributed by atoms with van der Waals surface area (Å²) < 4.78 is 5.52. The predicted octanol–water partition coefficient (Wildman–Crippen LogP) is 2.46. The van der Waals surface area contributed by atoms with Crippen LogP contribution in [-0.4, -0.2) is 23.3 Å². The molecule has 0 atom stereocenters. The van der Waals surface area contributed by atoms with E-state index in [1.165, 1.54) is 28.8 Å². The Kier molecular flexibility index (Phi) is 4.87. The molecule has 1 amide bonds. The second kappa shape index (κ2) is 7.08. The largest absolute Gasteiger partial charge is 0.545 e. The van der Waals surface area contributed by atoms with E-state index in [2.05, 4.69) is 0 Å². The number of carbonyl (C=O) groups excluding carboxylic acids is 2. The van der Waals surface area contributed by atoms with Gasteiger partial charge in [-0.2, -0.15) is 0 Å². The normalized spacial score (nSPS) is 15.7. The minimum absolute atomic E-state index is 0.0550. The Balaban J connectivity index is 1.90. The Bertz CT molecular complexity index is 890. The van der Waals surface area contributed by atoms with Crippen molar-refractivity contribution in [3.8, 4) is 5.75 Å². The molecule has 2 aromatic rings. The number of aromatic carboxylic acids is 1. The number of benzene rings is 2. The van der Waals surface area contributed by atoms with E-state index in [9.17, 15) is 14.7 Å². The number of rotatable bonds is 4. The number of thiocarbonyl (C=S) groups is 1. The van der Waals surface area contributed by atoms with E-state index >= 15 is 0 Å². The van der Waals surface area contributed by atoms with Crippen molar-refractivity contribution in [2.45, 2.75) is 0 Å². The molecule has 0 saturated carbocycles. The van der Waals surface area contributed by atoms with Crippen LogP contribution < -0.4 is 14.7 Å². The number of carboxylic acids is 1. The van der Waals surface area contributed by atoms with E-state index in [4.69, 9.17) is 17.0 Å². The van der Waals surface area contributed by atoms with Gasteiger partial charge >= 0.3 is 0 Å². The van der Waals surface area contributed by atoms with Crippen LogP contribution in [0.1, 0.15) is 15.9 Å². The molecule has 0 N–H and O–H groups in total. The molecule has 1 saturated heterocycles. The molecule has 1 aliphatic rings. The molecular weight excluding hydrogens is 358 g/mol. The van der Waals surface area contributed by atoms with Crippen molar-refractivity contribution in [2.75, 3.05) is 12.0 Å². The monoisotopic (exact) mass is 370 g/mol. The third-order valence-corrected chi connectivity index (χ3v) is 4.85. The molecule has 2 aromatic carbocycles. The van der Waals surface area contributed by atoms with Crippen molar-refractivity contribution < 1.29 is 19.4 Å². The number of carbonyl (C=O) groups is 2. The SMILES string of the molecule is COc1ccc(N2C(=O)/C(=C/c3cccc(C(=O)[O-])c3)SC2=S)cc1. The number of ether oxygens (including phenoxy) is 1. The first-order valence-corrected chi connectivity index (χ1v) is 8.45. The van der Waals surface area contributed by atoms with Gasteiger partial charge in [0.15, 0.2) is 4.32 Å². The zero-order chi connectivity index (χ0) is 18.0. The lowest BCUT2D eigenvalue weighted by Crippen LogP contribution is -2.27. The van der Waals surface area contributed by atoms with E-state index in [0.717, 1.165) is 0 Å². The Morgan fingerprint density at radius 1 is 1.24 bits per heavy atom. The first-order valence-electron chi connectivity index (χ1n) is 7.23. The fraction of sp³-hybridized carbons (Fsp3) is 0.0556. The van der Waals surface area contributed by atoms with Crippen LogP contribution in [0.2, 0.25) is 0 Å². The van der Waals surface area contributed by atoms with E-state index in [0.29, 0.717) is 26.2 Å². The molecule has 0 aliphatic carbocycles. The predicted molar refractivity (Wildman–Crippen MR) is 99.4 cm³/mol. The highest BCUT2D eigenvalue weighted by atomic mass is 32.2. The topological polar surface area (TPSA) is 69.7 Å². The average Bonchev–Trinajstić information content (AvgIpc) is 2.89. The molecule has 1 heterocycles. The van der Waals surface area contributed by atoms with E-state index in [1.54, 1.807) is 49.6 Å². The third kappa shape index (κ3) is 3.57. The molecule has 0 bridgehead atoms. The summed E-state index contributed by atoms with van der Waals surface area (Å²) in [6.45, 7) is 0. The quantitative estimate of drug-likeness (QED) is 0.608. The average molecular weight is 370 g/mol. The standard InChI is InChI=1S/C18H13NO4S2/c1-23-14-7-5-13(6-8-14)19-16(20)15(25-18(19)24)10-11-3-2-4-12(9-11)17(21)22/h2-10H,1H3,(H,21,22)/p-1/b15-10-. The third-order valence-electron chi connectivity index (χ3n) is 3.54. The number of anilines is 1. The first-order chi connectivity index (χ1) is 12.0. The molecule has 5 nitrogen and oxygen atoms in total. The molecule has 1 fully saturated rings. The second-order valence-electron chi connectivity index (χ2n) is 5.13. The summed E-state index contributed by atoms with van der Waals surface area (Å²) in [5, 5.41) is 11.0. The van der Waals surface area contributed by atoms with Gasteiger partial charge < -0.3 is 14.6 Å². The molecule has 3 rings (SSSR count). The molecule has 0 aromatic heterocycles. The second-order valence-corrected chi connectivity index (χ2v) is 6.80. The molecule has 0 unspecified atom stereocenters. The molecule has 25 heavy (non-hydrogen) atoms. The van der Waals surface area contributed by atoms with Gasteiger partial charge in [0, 0.05) is 0 Å². The van der Waals surface area contributed by atoms with Gasteiger partial charge in [-0.3, -0.25) is 9.69 Å². The Morgan fingerprint density at radius 2 is 1.96 bits per heavy atom. The summed E-state index contributed by atoms with van der Waals surface area (Å²) in [7, 11) is 1.57. The van der Waals surface area contributed by atoms with Crippen LogP contribution in [0.15, 0.2) is 53.4 Å². The maximum Gasteiger partial charge on any atom is 0.270 e. The number of amides is 1. The van der Waals surface area contributed by atoms with Crippen molar-refractivity contribution >= 4 is 51.9 Å². The lowest BCUT2D eigenvalue weighted by Gasteiger charge is -2.14. The lowest BCUT2D eigenvalue weighted by molar-refractivity contribution is -0.255. The zero-order valence-electron chi connectivity index (χ0n) is 13.1. The van der Waals surface area contributed by atoms with Gasteiger partial charge in [0.2, 0.25) is 0 Å². The molecule has 0 spiro atoms. The number of nitrogens with zero attached hydrogens (tertiary/aromatic N) is 1. The minimum Gasteiger partial charge on any atom is -0.545 e. The summed E-state index contributed by atoms with van der Waals surface area (Å²) in [5.41, 5.74) is 1.30. The summed E-state index contributed by atoms with van der Waals surface area (Å²) >= 11 is 6.48. The lowest BCUT2D eigenvalue weighted by atomic mass is 10.1. The van der Waals surface area contributed by atoms with Crippen LogP contribution in [0.4, 0.5) is 5.69 Å². The van der Waals surface area contributed by atoms with Crippen LogP contribution in [0.25, 0.3) is 6.08 Å². The molecule has 0 radical (unpaired) electrons. The zero-order valence-corrected chi connectivity index (χ0v) is 14.7. The number of hydrogen-bond acceptors (Lipinski definition) is 6. The van der Waals surface area contributed by atoms with Crippen molar-refractivity contribution in [1.29, 1.82) is 0 Å². The smallest absolute Gasteiger partial charge is 0.270 e. The number of hydrogen-bond donors (Lipinski definition) is 0. The van der Waals surface area contributed by atoms with Gasteiger partial charge in [-0.15, -0.1) is 0 Å². The minimum atomic E-state index is -1.26. The number of carboxylic acid groups (broad SMARTS) is 1. The van der Waals surface area contributed by atoms with Crippen molar-refractivity contribution in [3.05, 3.63) is 64.6 Å². The van der Waals surface area contributed by atoms with Gasteiger partial charge in [0.05, 0.1) is 23.7 Å². The Labute approximate surface area is 153 Å². The summed E-state index contributed by atoms with van der Waals surface area (Å²) in [5.74, 6) is -0.830. The van der Waals surface area contributed by atoms with Gasteiger partial charge in [-0.05, 0) is 47.5 Å². The van der Waals surface area contributed by atoms with Gasteiger partial charge in [-0.1, -0.05) is 42.2 Å². The highest BCUT2D eigenvalue weighted by molar-refractivity contribution is 8.27. The van der Waals surface area contributed by atoms with Crippen molar-refractivity contribution in [3.63, 3.8) is 0 Å². The van der Waals surface area contributed by atoms with Crippen LogP contribution in [-0.2, 0) is 4.79 Å². The molecule has 7 heteroatoms. The van der Waals surface area contributed by atoms with E-state index < -0.39 is 5.97 Å². The molecular formula is C18H12NO4S2-. The molecule has 126 valence electrons. The fourth-order valence-electron chi connectivity index (χ4n) is 2.33. The summed E-state index contributed by atoms with van der Waals surface area (Å²) in [6.07, 6.45) is 1.62. The van der Waals surface area contributed by atoms with Crippen LogP contribution >= 0.6 is 24.0 Å². The summed E-state index contributed by atoms with van der Waals surface area (Å²) in [4.78, 5) is 25.5. The Hall–Kier alpha value is -2.64. The van der Waals surface area contributed by atoms with Gasteiger partial charge in [0.25, 0.3) is 5.91 Å². The van der Waals surface area contributed by atoms with Crippen LogP contribution in [0, 0.1) is 0 Å². The van der Waals surface area contributed by atoms with Crippen molar-refractivity contribution in [2.24, 2.45) is 0 Å². The van der Waals surface area contributed by atoms with E-state index in [1.807, 2.05) is 0 Å². The first kappa shape index (κ1) is 17.2. The molecule has 1 aliphatic heterocycles. The number of thioether (sulfide) groups is 1. The summed E-state index contributed by atoms with van der Waals surface area (Å²) in [6, 6.07) is 13.2. The maximum atomic E-state index is 12.7. The van der Waals surface area contributed by atoms with Crippen molar-refractivity contribution in [1.82, 2.24) is 0 Å². The highest BCUT2D eigenvalue weighted by Gasteiger charge is 2.33. The fourth-order valence-corrected chi connectivity index (χ4v) is 3.63.